The van der Waals surface area contributed by atoms with E-state index in [1.54, 1.807) is 0 Å². The van der Waals surface area contributed by atoms with E-state index in [1.807, 2.05) is 13.8 Å². The van der Waals surface area contributed by atoms with Crippen molar-refractivity contribution in [3.63, 3.8) is 0 Å². The average molecular weight is 228 g/mol. The molecule has 4 heteroatoms. The van der Waals surface area contributed by atoms with Crippen LogP contribution in [0.1, 0.15) is 46.0 Å². The normalized spacial score (nSPS) is 21.8. The fourth-order valence-electron chi connectivity index (χ4n) is 1.92. The van der Waals surface area contributed by atoms with E-state index >= 15 is 0 Å². The maximum atomic E-state index is 11.9. The van der Waals surface area contributed by atoms with E-state index in [4.69, 9.17) is 10.5 Å². The summed E-state index contributed by atoms with van der Waals surface area (Å²) in [7, 11) is 0. The second-order valence-electron chi connectivity index (χ2n) is 4.56. The second kappa shape index (κ2) is 6.21. The summed E-state index contributed by atoms with van der Waals surface area (Å²) in [5.74, 6) is -0.0494. The van der Waals surface area contributed by atoms with Gasteiger partial charge in [-0.05, 0) is 32.1 Å². The van der Waals surface area contributed by atoms with Gasteiger partial charge < -0.3 is 15.8 Å². The molecule has 0 saturated carbocycles. The molecule has 0 aromatic rings. The van der Waals surface area contributed by atoms with Crippen LogP contribution in [0.5, 0.6) is 0 Å². The van der Waals surface area contributed by atoms with Crippen LogP contribution in [-0.4, -0.2) is 30.7 Å². The van der Waals surface area contributed by atoms with E-state index in [0.29, 0.717) is 19.4 Å². The Kier molecular flexibility index (Phi) is 5.22. The molecular weight excluding hydrogens is 204 g/mol. The first-order chi connectivity index (χ1) is 7.62. The van der Waals surface area contributed by atoms with E-state index in [1.165, 1.54) is 6.42 Å². The van der Waals surface area contributed by atoms with Gasteiger partial charge in [0, 0.05) is 13.2 Å². The zero-order valence-corrected chi connectivity index (χ0v) is 10.4. The summed E-state index contributed by atoms with van der Waals surface area (Å²) in [5.41, 5.74) is 5.29. The monoisotopic (exact) mass is 228 g/mol. The summed E-state index contributed by atoms with van der Waals surface area (Å²) in [4.78, 5) is 11.9. The molecule has 0 aromatic carbocycles. The van der Waals surface area contributed by atoms with Crippen LogP contribution < -0.4 is 11.1 Å². The van der Waals surface area contributed by atoms with Gasteiger partial charge in [-0.3, -0.25) is 4.79 Å². The molecule has 1 amide bonds. The van der Waals surface area contributed by atoms with Gasteiger partial charge in [-0.1, -0.05) is 13.8 Å². The zero-order valence-electron chi connectivity index (χ0n) is 10.4. The number of amides is 1. The fraction of sp³-hybridized carbons (Fsp3) is 0.917. The van der Waals surface area contributed by atoms with Crippen LogP contribution in [-0.2, 0) is 9.53 Å². The van der Waals surface area contributed by atoms with E-state index in [2.05, 4.69) is 5.32 Å². The molecule has 0 bridgehead atoms. The third-order valence-electron chi connectivity index (χ3n) is 3.48. The molecule has 4 nitrogen and oxygen atoms in total. The van der Waals surface area contributed by atoms with Crippen LogP contribution in [0.4, 0.5) is 0 Å². The van der Waals surface area contributed by atoms with Gasteiger partial charge in [0.25, 0.3) is 0 Å². The lowest BCUT2D eigenvalue weighted by atomic mass is 9.93. The first-order valence-electron chi connectivity index (χ1n) is 6.31. The molecule has 1 fully saturated rings. The standard InChI is InChI=1S/C12H24N2O2/c1-3-12(13,4-2)11(15)14-9-10-7-5-6-8-16-10/h10H,3-9,13H2,1-2H3,(H,14,15). The highest BCUT2D eigenvalue weighted by Crippen LogP contribution is 2.14. The molecule has 1 atom stereocenters. The van der Waals surface area contributed by atoms with Crippen molar-refractivity contribution in [3.8, 4) is 0 Å². The molecule has 1 aliphatic rings. The molecule has 1 rings (SSSR count). The largest absolute Gasteiger partial charge is 0.376 e. The highest BCUT2D eigenvalue weighted by Gasteiger charge is 2.30. The van der Waals surface area contributed by atoms with Crippen molar-refractivity contribution < 1.29 is 9.53 Å². The molecule has 0 aromatic heterocycles. The second-order valence-corrected chi connectivity index (χ2v) is 4.56. The van der Waals surface area contributed by atoms with Crippen LogP contribution in [0.2, 0.25) is 0 Å². The molecular formula is C12H24N2O2. The molecule has 0 spiro atoms. The maximum absolute atomic E-state index is 11.9. The number of nitrogens with one attached hydrogen (secondary N) is 1. The van der Waals surface area contributed by atoms with E-state index in [9.17, 15) is 4.79 Å². The number of rotatable bonds is 5. The van der Waals surface area contributed by atoms with Crippen molar-refractivity contribution >= 4 is 5.91 Å². The third-order valence-corrected chi connectivity index (χ3v) is 3.48. The minimum absolute atomic E-state index is 0.0494. The Morgan fingerprint density at radius 2 is 2.12 bits per heavy atom. The molecule has 1 unspecified atom stereocenters. The van der Waals surface area contributed by atoms with Crippen LogP contribution in [0.25, 0.3) is 0 Å². The van der Waals surface area contributed by atoms with Crippen molar-refractivity contribution in [2.45, 2.75) is 57.6 Å². The van der Waals surface area contributed by atoms with Gasteiger partial charge >= 0.3 is 0 Å². The third kappa shape index (κ3) is 3.46. The summed E-state index contributed by atoms with van der Waals surface area (Å²) in [5, 5.41) is 2.91. The Balaban J connectivity index is 2.33. The summed E-state index contributed by atoms with van der Waals surface area (Å²) in [6.45, 7) is 5.30. The van der Waals surface area contributed by atoms with Gasteiger partial charge in [0.15, 0.2) is 0 Å². The summed E-state index contributed by atoms with van der Waals surface area (Å²) in [6, 6.07) is 0. The number of carbonyl (C=O) groups excluding carboxylic acids is 1. The van der Waals surface area contributed by atoms with Gasteiger partial charge in [-0.2, -0.15) is 0 Å². The molecule has 1 heterocycles. The summed E-state index contributed by atoms with van der Waals surface area (Å²) < 4.78 is 5.55. The first-order valence-corrected chi connectivity index (χ1v) is 6.31. The highest BCUT2D eigenvalue weighted by atomic mass is 16.5. The highest BCUT2D eigenvalue weighted by molar-refractivity contribution is 5.85. The Bertz CT molecular complexity index is 221. The number of hydrogen-bond donors (Lipinski definition) is 2. The molecule has 1 aliphatic heterocycles. The first kappa shape index (κ1) is 13.5. The smallest absolute Gasteiger partial charge is 0.240 e. The lowest BCUT2D eigenvalue weighted by molar-refractivity contribution is -0.127. The minimum Gasteiger partial charge on any atom is -0.376 e. The molecule has 0 radical (unpaired) electrons. The Labute approximate surface area is 97.9 Å². The lowest BCUT2D eigenvalue weighted by Gasteiger charge is -2.28. The minimum atomic E-state index is -0.714. The lowest BCUT2D eigenvalue weighted by Crippen LogP contribution is -2.54. The summed E-state index contributed by atoms with van der Waals surface area (Å²) >= 11 is 0. The topological polar surface area (TPSA) is 64.4 Å². The zero-order chi connectivity index (χ0) is 12.0. The van der Waals surface area contributed by atoms with E-state index in [-0.39, 0.29) is 12.0 Å². The van der Waals surface area contributed by atoms with Crippen LogP contribution >= 0.6 is 0 Å². The number of hydrogen-bond acceptors (Lipinski definition) is 3. The van der Waals surface area contributed by atoms with Gasteiger partial charge in [-0.15, -0.1) is 0 Å². The van der Waals surface area contributed by atoms with Crippen LogP contribution in [0.15, 0.2) is 0 Å². The van der Waals surface area contributed by atoms with Gasteiger partial charge in [0.2, 0.25) is 5.91 Å². The van der Waals surface area contributed by atoms with Crippen molar-refractivity contribution in [3.05, 3.63) is 0 Å². The van der Waals surface area contributed by atoms with Crippen LogP contribution in [0, 0.1) is 0 Å². The molecule has 0 aliphatic carbocycles. The molecule has 16 heavy (non-hydrogen) atoms. The molecule has 1 saturated heterocycles. The number of carbonyl (C=O) groups is 1. The van der Waals surface area contributed by atoms with Crippen molar-refractivity contribution in [2.75, 3.05) is 13.2 Å². The van der Waals surface area contributed by atoms with Crippen molar-refractivity contribution in [1.82, 2.24) is 5.32 Å². The number of ether oxygens (including phenoxy) is 1. The molecule has 3 N–H and O–H groups in total. The predicted molar refractivity (Wildman–Crippen MR) is 64.1 cm³/mol. The fourth-order valence-corrected chi connectivity index (χ4v) is 1.92. The van der Waals surface area contributed by atoms with Crippen LogP contribution in [0.3, 0.4) is 0 Å². The number of nitrogens with two attached hydrogens (primary N) is 1. The quantitative estimate of drug-likeness (QED) is 0.743. The Morgan fingerprint density at radius 1 is 1.44 bits per heavy atom. The predicted octanol–water partition coefficient (Wildman–Crippen LogP) is 1.19. The summed E-state index contributed by atoms with van der Waals surface area (Å²) in [6.07, 6.45) is 4.87. The van der Waals surface area contributed by atoms with Gasteiger partial charge in [-0.25, -0.2) is 0 Å². The van der Waals surface area contributed by atoms with Crippen molar-refractivity contribution in [1.29, 1.82) is 0 Å². The molecule has 94 valence electrons. The Hall–Kier alpha value is -0.610. The van der Waals surface area contributed by atoms with E-state index < -0.39 is 5.54 Å². The Morgan fingerprint density at radius 3 is 2.62 bits per heavy atom. The average Bonchev–Trinajstić information content (AvgIpc) is 2.36. The van der Waals surface area contributed by atoms with Gasteiger partial charge in [0.1, 0.15) is 0 Å². The van der Waals surface area contributed by atoms with Crippen molar-refractivity contribution in [2.24, 2.45) is 5.73 Å². The SMILES string of the molecule is CCC(N)(CC)C(=O)NCC1CCCCO1. The van der Waals surface area contributed by atoms with Gasteiger partial charge in [0.05, 0.1) is 11.6 Å². The maximum Gasteiger partial charge on any atom is 0.240 e. The van der Waals surface area contributed by atoms with E-state index in [0.717, 1.165) is 19.4 Å².